The van der Waals surface area contributed by atoms with E-state index in [4.69, 9.17) is 4.74 Å². The molecule has 132 valence electrons. The van der Waals surface area contributed by atoms with Gasteiger partial charge in [0.05, 0.1) is 23.9 Å². The molecule has 7 heteroatoms. The van der Waals surface area contributed by atoms with Gasteiger partial charge in [-0.15, -0.1) is 12.4 Å². The molecular weight excluding hydrogens is 328 g/mol. The van der Waals surface area contributed by atoms with Gasteiger partial charge in [0.1, 0.15) is 0 Å². The van der Waals surface area contributed by atoms with Gasteiger partial charge >= 0.3 is 0 Å². The number of fused-ring (bicyclic) bond motifs is 1. The van der Waals surface area contributed by atoms with E-state index in [1.165, 1.54) is 0 Å². The van der Waals surface area contributed by atoms with E-state index < -0.39 is 0 Å². The second-order valence-electron chi connectivity index (χ2n) is 6.51. The second-order valence-corrected chi connectivity index (χ2v) is 6.51. The molecule has 3 rings (SSSR count). The first kappa shape index (κ1) is 18.7. The molecule has 0 aliphatic carbocycles. The smallest absolute Gasteiger partial charge is 0.253 e. The number of aryl methyl sites for hydroxylation is 1. The Bertz CT molecular complexity index is 689. The zero-order valence-electron chi connectivity index (χ0n) is 14.1. The number of methoxy groups -OCH3 is 1. The molecule has 0 bridgehead atoms. The Kier molecular flexibility index (Phi) is 6.21. The van der Waals surface area contributed by atoms with Crippen molar-refractivity contribution in [3.63, 3.8) is 0 Å². The predicted molar refractivity (Wildman–Crippen MR) is 96.8 cm³/mol. The molecule has 24 heavy (non-hydrogen) atoms. The van der Waals surface area contributed by atoms with Crippen LogP contribution in [0.4, 0.5) is 0 Å². The maximum Gasteiger partial charge on any atom is 0.253 e. The van der Waals surface area contributed by atoms with Gasteiger partial charge in [-0.05, 0) is 50.6 Å². The van der Waals surface area contributed by atoms with Gasteiger partial charge in [0.2, 0.25) is 0 Å². The number of amides is 1. The average Bonchev–Trinajstić information content (AvgIpc) is 3.01. The van der Waals surface area contributed by atoms with Crippen LogP contribution in [0.1, 0.15) is 28.8 Å². The lowest BCUT2D eigenvalue weighted by molar-refractivity contribution is 0.0512. The van der Waals surface area contributed by atoms with Crippen molar-refractivity contribution < 1.29 is 9.53 Å². The third kappa shape index (κ3) is 3.88. The molecule has 1 fully saturated rings. The van der Waals surface area contributed by atoms with Crippen molar-refractivity contribution >= 4 is 29.2 Å². The van der Waals surface area contributed by atoms with Crippen LogP contribution in [0.15, 0.2) is 18.3 Å². The van der Waals surface area contributed by atoms with Gasteiger partial charge in [-0.2, -0.15) is 5.10 Å². The molecular formula is C17H25ClN4O2. The summed E-state index contributed by atoms with van der Waals surface area (Å²) in [4.78, 5) is 12.7. The van der Waals surface area contributed by atoms with Crippen LogP contribution < -0.4 is 10.6 Å². The number of hydrogen-bond donors (Lipinski definition) is 3. The summed E-state index contributed by atoms with van der Waals surface area (Å²) >= 11 is 0. The van der Waals surface area contributed by atoms with Gasteiger partial charge < -0.3 is 15.4 Å². The summed E-state index contributed by atoms with van der Waals surface area (Å²) < 4.78 is 5.40. The van der Waals surface area contributed by atoms with Crippen LogP contribution in [0.3, 0.4) is 0 Å². The molecule has 2 heterocycles. The molecule has 1 saturated heterocycles. The summed E-state index contributed by atoms with van der Waals surface area (Å²) in [6.45, 7) is 5.22. The highest BCUT2D eigenvalue weighted by atomic mass is 35.5. The number of ether oxygens (including phenoxy) is 1. The molecule has 0 radical (unpaired) electrons. The highest BCUT2D eigenvalue weighted by Crippen LogP contribution is 2.28. The average molecular weight is 353 g/mol. The first-order valence-corrected chi connectivity index (χ1v) is 8.05. The fraction of sp³-hybridized carbons (Fsp3) is 0.529. The van der Waals surface area contributed by atoms with E-state index in [1.807, 2.05) is 19.1 Å². The van der Waals surface area contributed by atoms with Crippen LogP contribution in [0.2, 0.25) is 0 Å². The number of halogens is 1. The van der Waals surface area contributed by atoms with Crippen LogP contribution >= 0.6 is 12.4 Å². The maximum atomic E-state index is 12.7. The normalized spacial score (nSPS) is 16.6. The van der Waals surface area contributed by atoms with Crippen molar-refractivity contribution in [1.29, 1.82) is 0 Å². The number of nitrogens with one attached hydrogen (secondary N) is 3. The lowest BCUT2D eigenvalue weighted by Gasteiger charge is -2.37. The highest BCUT2D eigenvalue weighted by Gasteiger charge is 2.32. The highest BCUT2D eigenvalue weighted by molar-refractivity contribution is 6.05. The van der Waals surface area contributed by atoms with Gasteiger partial charge in [-0.3, -0.25) is 9.89 Å². The predicted octanol–water partition coefficient (Wildman–Crippen LogP) is 2.04. The minimum Gasteiger partial charge on any atom is -0.384 e. The Labute approximate surface area is 148 Å². The van der Waals surface area contributed by atoms with Crippen molar-refractivity contribution in [2.45, 2.75) is 19.8 Å². The molecule has 0 saturated carbocycles. The lowest BCUT2D eigenvalue weighted by atomic mass is 9.79. The number of carbonyl (C=O) groups is 1. The fourth-order valence-corrected chi connectivity index (χ4v) is 3.38. The number of rotatable bonds is 5. The van der Waals surface area contributed by atoms with E-state index in [-0.39, 0.29) is 23.7 Å². The van der Waals surface area contributed by atoms with E-state index in [2.05, 4.69) is 20.8 Å². The van der Waals surface area contributed by atoms with Crippen LogP contribution in [0.25, 0.3) is 10.9 Å². The van der Waals surface area contributed by atoms with E-state index in [0.717, 1.165) is 42.4 Å². The summed E-state index contributed by atoms with van der Waals surface area (Å²) in [5.41, 5.74) is 2.52. The number of carbonyl (C=O) groups excluding carboxylic acids is 1. The van der Waals surface area contributed by atoms with Gasteiger partial charge in [0.15, 0.2) is 0 Å². The molecule has 0 unspecified atom stereocenters. The Morgan fingerprint density at radius 1 is 1.38 bits per heavy atom. The minimum absolute atomic E-state index is 0. The quantitative estimate of drug-likeness (QED) is 0.769. The number of benzene rings is 1. The zero-order chi connectivity index (χ0) is 16.3. The summed E-state index contributed by atoms with van der Waals surface area (Å²) in [5.74, 6) is -0.0584. The number of aromatic amines is 1. The Morgan fingerprint density at radius 2 is 2.12 bits per heavy atom. The van der Waals surface area contributed by atoms with E-state index >= 15 is 0 Å². The van der Waals surface area contributed by atoms with Crippen LogP contribution in [-0.2, 0) is 4.74 Å². The monoisotopic (exact) mass is 352 g/mol. The Hall–Kier alpha value is -1.63. The van der Waals surface area contributed by atoms with Crippen molar-refractivity contribution in [3.8, 4) is 0 Å². The van der Waals surface area contributed by atoms with E-state index in [1.54, 1.807) is 13.3 Å². The number of piperidine rings is 1. The van der Waals surface area contributed by atoms with Crippen molar-refractivity contribution in [3.05, 3.63) is 29.5 Å². The molecule has 0 spiro atoms. The molecule has 1 aromatic carbocycles. The van der Waals surface area contributed by atoms with E-state index in [0.29, 0.717) is 18.7 Å². The molecule has 1 amide bonds. The molecule has 0 atom stereocenters. The number of hydrogen-bond acceptors (Lipinski definition) is 4. The van der Waals surface area contributed by atoms with Crippen molar-refractivity contribution in [2.24, 2.45) is 5.41 Å². The molecule has 6 nitrogen and oxygen atoms in total. The molecule has 2 aromatic rings. The van der Waals surface area contributed by atoms with Gasteiger partial charge in [0.25, 0.3) is 5.91 Å². The number of aromatic nitrogens is 2. The summed E-state index contributed by atoms with van der Waals surface area (Å²) in [5, 5.41) is 14.4. The van der Waals surface area contributed by atoms with Gasteiger partial charge in [-0.1, -0.05) is 0 Å². The van der Waals surface area contributed by atoms with Gasteiger partial charge in [0, 0.05) is 24.5 Å². The van der Waals surface area contributed by atoms with Crippen LogP contribution in [0, 0.1) is 12.3 Å². The molecule has 3 N–H and O–H groups in total. The summed E-state index contributed by atoms with van der Waals surface area (Å²) in [6, 6.07) is 3.93. The van der Waals surface area contributed by atoms with Crippen molar-refractivity contribution in [1.82, 2.24) is 20.8 Å². The third-order valence-corrected chi connectivity index (χ3v) is 4.68. The standard InChI is InChI=1S/C17H24N4O2.ClH/c1-12-7-13-9-20-21-15(13)14(8-12)16(22)19-10-17(11-23-2)3-5-18-6-4-17;/h7-9,18H,3-6,10-11H2,1-2H3,(H,19,22)(H,20,21);1H. The number of nitrogens with zero attached hydrogens (tertiary/aromatic N) is 1. The fourth-order valence-electron chi connectivity index (χ4n) is 3.38. The second kappa shape index (κ2) is 7.96. The molecule has 1 aromatic heterocycles. The SMILES string of the molecule is COCC1(CNC(=O)c2cc(C)cc3cn[nH]c23)CCNCC1.Cl. The van der Waals surface area contributed by atoms with Crippen molar-refractivity contribution in [2.75, 3.05) is 33.4 Å². The van der Waals surface area contributed by atoms with E-state index in [9.17, 15) is 4.79 Å². The topological polar surface area (TPSA) is 79.0 Å². The van der Waals surface area contributed by atoms with Gasteiger partial charge in [-0.25, -0.2) is 0 Å². The summed E-state index contributed by atoms with van der Waals surface area (Å²) in [6.07, 6.45) is 3.77. The molecule has 1 aliphatic heterocycles. The van der Waals surface area contributed by atoms with Crippen LogP contribution in [-0.4, -0.2) is 49.5 Å². The van der Waals surface area contributed by atoms with Crippen LogP contribution in [0.5, 0.6) is 0 Å². The Balaban J connectivity index is 0.00000208. The Morgan fingerprint density at radius 3 is 2.83 bits per heavy atom. The number of H-pyrrole nitrogens is 1. The maximum absolute atomic E-state index is 12.7. The zero-order valence-corrected chi connectivity index (χ0v) is 15.0. The minimum atomic E-state index is -0.0584. The third-order valence-electron chi connectivity index (χ3n) is 4.68. The lowest BCUT2D eigenvalue weighted by Crippen LogP contribution is -2.47. The molecule has 1 aliphatic rings. The largest absolute Gasteiger partial charge is 0.384 e. The summed E-state index contributed by atoms with van der Waals surface area (Å²) in [7, 11) is 1.72. The first-order chi connectivity index (χ1) is 11.1. The first-order valence-electron chi connectivity index (χ1n) is 8.05.